The monoisotopic (exact) mass is 294 g/mol. The van der Waals surface area contributed by atoms with E-state index in [-0.39, 0.29) is 0 Å². The van der Waals surface area contributed by atoms with Crippen molar-refractivity contribution in [3.63, 3.8) is 0 Å². The third-order valence-corrected chi connectivity index (χ3v) is 9.60. The minimum Gasteiger partial charge on any atom is -0.389 e. The van der Waals surface area contributed by atoms with E-state index in [0.717, 1.165) is 49.4 Å². The Balaban J connectivity index is 1.46. The lowest BCUT2D eigenvalue weighted by Crippen LogP contribution is -2.58. The van der Waals surface area contributed by atoms with Gasteiger partial charge in [0.05, 0.1) is 5.60 Å². The molecule has 1 N–H and O–H groups in total. The van der Waals surface area contributed by atoms with Crippen LogP contribution < -0.4 is 0 Å². The second kappa shape index (κ2) is 4.10. The zero-order chi connectivity index (χ0) is 13.5. The molecule has 6 rings (SSSR count). The van der Waals surface area contributed by atoms with E-state index in [9.17, 15) is 9.32 Å². The lowest BCUT2D eigenvalue weighted by Gasteiger charge is -2.59. The molecule has 0 aromatic carbocycles. The molecule has 0 aromatic rings. The van der Waals surface area contributed by atoms with E-state index in [2.05, 4.69) is 0 Å². The fourth-order valence-corrected chi connectivity index (χ4v) is 9.38. The summed E-state index contributed by atoms with van der Waals surface area (Å²) in [6.45, 7) is 0. The second-order valence-corrected chi connectivity index (χ2v) is 10.6. The second-order valence-electron chi connectivity index (χ2n) is 8.62. The van der Waals surface area contributed by atoms with Crippen molar-refractivity contribution in [2.75, 3.05) is 0 Å². The zero-order valence-electron chi connectivity index (χ0n) is 12.2. The SMILES string of the molecule is O=S1C2CCC1CC(O)(C1C3CC4CC(C3)CC1C4)C2. The van der Waals surface area contributed by atoms with Gasteiger partial charge in [0.25, 0.3) is 0 Å². The lowest BCUT2D eigenvalue weighted by molar-refractivity contribution is -0.149. The largest absolute Gasteiger partial charge is 0.389 e. The van der Waals surface area contributed by atoms with Crippen LogP contribution in [0.4, 0.5) is 0 Å². The molecule has 6 fully saturated rings. The number of hydrogen-bond donors (Lipinski definition) is 1. The van der Waals surface area contributed by atoms with Crippen molar-refractivity contribution in [2.45, 2.75) is 73.9 Å². The van der Waals surface area contributed by atoms with Crippen LogP contribution in [0, 0.1) is 29.6 Å². The Morgan fingerprint density at radius 2 is 1.35 bits per heavy atom. The molecule has 6 aliphatic rings. The molecule has 4 saturated carbocycles. The van der Waals surface area contributed by atoms with Gasteiger partial charge in [-0.1, -0.05) is 0 Å². The summed E-state index contributed by atoms with van der Waals surface area (Å²) in [5, 5.41) is 12.1. The van der Waals surface area contributed by atoms with Crippen LogP contribution in [0.25, 0.3) is 0 Å². The average Bonchev–Trinajstić information content (AvgIpc) is 2.61. The van der Waals surface area contributed by atoms with Gasteiger partial charge in [0, 0.05) is 21.3 Å². The highest BCUT2D eigenvalue weighted by molar-refractivity contribution is 7.86. The van der Waals surface area contributed by atoms with E-state index in [1.54, 1.807) is 0 Å². The first-order valence-corrected chi connectivity index (χ1v) is 10.0. The van der Waals surface area contributed by atoms with Gasteiger partial charge in [0.1, 0.15) is 0 Å². The van der Waals surface area contributed by atoms with Gasteiger partial charge in [-0.05, 0) is 87.4 Å². The molecule has 3 heteroatoms. The summed E-state index contributed by atoms with van der Waals surface area (Å²) in [5.41, 5.74) is -0.456. The summed E-state index contributed by atoms with van der Waals surface area (Å²) in [6, 6.07) is 0. The van der Waals surface area contributed by atoms with Gasteiger partial charge in [0.2, 0.25) is 0 Å². The van der Waals surface area contributed by atoms with Gasteiger partial charge in [-0.3, -0.25) is 4.21 Å². The van der Waals surface area contributed by atoms with Gasteiger partial charge >= 0.3 is 0 Å². The predicted octanol–water partition coefficient (Wildman–Crippen LogP) is 2.86. The van der Waals surface area contributed by atoms with E-state index in [4.69, 9.17) is 0 Å². The summed E-state index contributed by atoms with van der Waals surface area (Å²) in [7, 11) is -0.634. The van der Waals surface area contributed by atoms with Crippen molar-refractivity contribution < 1.29 is 9.32 Å². The van der Waals surface area contributed by atoms with Gasteiger partial charge in [-0.2, -0.15) is 0 Å². The van der Waals surface area contributed by atoms with Crippen LogP contribution in [-0.4, -0.2) is 25.4 Å². The molecule has 4 aliphatic carbocycles. The van der Waals surface area contributed by atoms with Crippen LogP contribution in [0.15, 0.2) is 0 Å². The molecule has 2 heterocycles. The fourth-order valence-electron chi connectivity index (χ4n) is 7.19. The molecule has 2 unspecified atom stereocenters. The third kappa shape index (κ3) is 1.63. The van der Waals surface area contributed by atoms with Crippen molar-refractivity contribution in [1.29, 1.82) is 0 Å². The molecule has 2 nitrogen and oxygen atoms in total. The van der Waals surface area contributed by atoms with E-state index in [1.807, 2.05) is 0 Å². The van der Waals surface area contributed by atoms with Crippen molar-refractivity contribution in [2.24, 2.45) is 29.6 Å². The minimum absolute atomic E-state index is 0.316. The molecule has 0 amide bonds. The number of hydrogen-bond acceptors (Lipinski definition) is 2. The van der Waals surface area contributed by atoms with Crippen molar-refractivity contribution in [3.8, 4) is 0 Å². The predicted molar refractivity (Wildman–Crippen MR) is 79.7 cm³/mol. The summed E-state index contributed by atoms with van der Waals surface area (Å²) < 4.78 is 12.3. The average molecular weight is 294 g/mol. The molecule has 2 saturated heterocycles. The molecule has 112 valence electrons. The maximum atomic E-state index is 12.3. The lowest BCUT2D eigenvalue weighted by atomic mass is 9.48. The summed E-state index contributed by atoms with van der Waals surface area (Å²) in [4.78, 5) is 0. The Kier molecular flexibility index (Phi) is 2.59. The molecule has 20 heavy (non-hydrogen) atoms. The van der Waals surface area contributed by atoms with Crippen molar-refractivity contribution in [1.82, 2.24) is 0 Å². The molecular weight excluding hydrogens is 268 g/mol. The maximum Gasteiger partial charge on any atom is 0.0704 e. The Morgan fingerprint density at radius 1 is 0.850 bits per heavy atom. The van der Waals surface area contributed by atoms with Gasteiger partial charge < -0.3 is 5.11 Å². The van der Waals surface area contributed by atoms with E-state index >= 15 is 0 Å². The quantitative estimate of drug-likeness (QED) is 0.807. The van der Waals surface area contributed by atoms with Crippen LogP contribution in [0.3, 0.4) is 0 Å². The van der Waals surface area contributed by atoms with E-state index < -0.39 is 16.4 Å². The van der Waals surface area contributed by atoms with Gasteiger partial charge in [-0.15, -0.1) is 0 Å². The summed E-state index contributed by atoms with van der Waals surface area (Å²) in [5.74, 6) is 4.10. The Labute approximate surface area is 124 Å². The first kappa shape index (κ1) is 12.6. The highest BCUT2D eigenvalue weighted by Crippen LogP contribution is 2.61. The normalized spacial score (nSPS) is 63.9. The highest BCUT2D eigenvalue weighted by atomic mass is 32.2. The summed E-state index contributed by atoms with van der Waals surface area (Å²) >= 11 is 0. The van der Waals surface area contributed by atoms with Crippen LogP contribution in [-0.2, 0) is 10.8 Å². The smallest absolute Gasteiger partial charge is 0.0704 e. The number of aliphatic hydroxyl groups is 1. The Morgan fingerprint density at radius 3 is 1.85 bits per heavy atom. The van der Waals surface area contributed by atoms with Crippen LogP contribution in [0.5, 0.6) is 0 Å². The molecule has 2 atom stereocenters. The maximum absolute atomic E-state index is 12.3. The van der Waals surface area contributed by atoms with Crippen molar-refractivity contribution in [3.05, 3.63) is 0 Å². The first-order valence-electron chi connectivity index (χ1n) is 8.74. The third-order valence-electron chi connectivity index (χ3n) is 7.48. The number of fused-ring (bicyclic) bond motifs is 2. The zero-order valence-corrected chi connectivity index (χ0v) is 13.0. The fraction of sp³-hybridized carbons (Fsp3) is 1.00. The number of rotatable bonds is 1. The van der Waals surface area contributed by atoms with Crippen molar-refractivity contribution >= 4 is 10.8 Å². The van der Waals surface area contributed by atoms with E-state index in [0.29, 0.717) is 16.4 Å². The molecule has 6 bridgehead atoms. The Bertz CT molecular complexity index is 416. The standard InChI is InChI=1S/C17H26O2S/c18-17(8-14-1-2-15(9-17)20(14)19)16-12-4-10-3-11(6-12)7-13(16)5-10/h10-16,18H,1-9H2. The van der Waals surface area contributed by atoms with Crippen LogP contribution in [0.1, 0.15) is 57.8 Å². The summed E-state index contributed by atoms with van der Waals surface area (Å²) in [6.07, 6.45) is 10.9. The van der Waals surface area contributed by atoms with Gasteiger partial charge in [-0.25, -0.2) is 0 Å². The first-order chi connectivity index (χ1) is 9.62. The van der Waals surface area contributed by atoms with Gasteiger partial charge in [0.15, 0.2) is 0 Å². The highest BCUT2D eigenvalue weighted by Gasteiger charge is 2.59. The molecule has 2 aliphatic heterocycles. The molecule has 0 aromatic heterocycles. The molecular formula is C17H26O2S. The van der Waals surface area contributed by atoms with E-state index in [1.165, 1.54) is 32.1 Å². The molecule has 0 radical (unpaired) electrons. The Hall–Kier alpha value is 0.110. The van der Waals surface area contributed by atoms with Crippen LogP contribution >= 0.6 is 0 Å². The minimum atomic E-state index is -0.634. The van der Waals surface area contributed by atoms with Crippen LogP contribution in [0.2, 0.25) is 0 Å². The topological polar surface area (TPSA) is 37.3 Å². The molecule has 0 spiro atoms.